The fourth-order valence-electron chi connectivity index (χ4n) is 2.31. The number of aliphatic hydroxyl groups is 1. The molecule has 0 aromatic heterocycles. The largest absolute Gasteiger partial charge is 0.480 e. The molecule has 6 nitrogen and oxygen atoms in total. The summed E-state index contributed by atoms with van der Waals surface area (Å²) in [5.74, 6) is -1.68. The third-order valence-electron chi connectivity index (χ3n) is 3.11. The van der Waals surface area contributed by atoms with Gasteiger partial charge in [-0.05, 0) is 28.1 Å². The number of aliphatic hydroxyl groups excluding tert-OH is 1. The third-order valence-corrected chi connectivity index (χ3v) is 3.77. The van der Waals surface area contributed by atoms with Crippen molar-refractivity contribution in [3.63, 3.8) is 0 Å². The lowest BCUT2D eigenvalue weighted by Gasteiger charge is -2.25. The van der Waals surface area contributed by atoms with Crippen molar-refractivity contribution in [1.29, 1.82) is 0 Å². The molecule has 0 saturated carbocycles. The van der Waals surface area contributed by atoms with E-state index in [0.29, 0.717) is 10.2 Å². The Kier molecular flexibility index (Phi) is 3.77. The Morgan fingerprint density at radius 1 is 1.42 bits per heavy atom. The van der Waals surface area contributed by atoms with E-state index in [1.54, 1.807) is 18.2 Å². The van der Waals surface area contributed by atoms with E-state index >= 15 is 0 Å². The number of benzene rings is 1. The molecule has 1 aliphatic heterocycles. The number of carboxylic acid groups (broad SMARTS) is 1. The summed E-state index contributed by atoms with van der Waals surface area (Å²) in [5.41, 5.74) is 5.98. The highest BCUT2D eigenvalue weighted by atomic mass is 79.9. The number of amides is 1. The van der Waals surface area contributed by atoms with E-state index in [1.807, 2.05) is 0 Å². The van der Waals surface area contributed by atoms with Crippen LogP contribution in [0, 0.1) is 0 Å². The summed E-state index contributed by atoms with van der Waals surface area (Å²) in [7, 11) is 0. The molecular weight excluding hydrogens is 316 g/mol. The predicted octanol–water partition coefficient (Wildman–Crippen LogP) is 0.572. The Bertz CT molecular complexity index is 534. The van der Waals surface area contributed by atoms with Gasteiger partial charge in [-0.2, -0.15) is 0 Å². The second-order valence-electron chi connectivity index (χ2n) is 4.39. The molecule has 4 N–H and O–H groups in total. The number of nitrogens with zero attached hydrogens (tertiary/aromatic N) is 1. The molecule has 1 aromatic carbocycles. The zero-order valence-electron chi connectivity index (χ0n) is 9.91. The lowest BCUT2D eigenvalue weighted by atomic mass is 10.1. The summed E-state index contributed by atoms with van der Waals surface area (Å²) >= 11 is 3.23. The van der Waals surface area contributed by atoms with Crippen molar-refractivity contribution in [3.05, 3.63) is 28.2 Å². The quantitative estimate of drug-likeness (QED) is 0.752. The van der Waals surface area contributed by atoms with Gasteiger partial charge in [0, 0.05) is 17.4 Å². The summed E-state index contributed by atoms with van der Waals surface area (Å²) in [6.45, 7) is 0.160. The first kappa shape index (κ1) is 13.8. The van der Waals surface area contributed by atoms with E-state index in [2.05, 4.69) is 15.9 Å². The first-order chi connectivity index (χ1) is 8.91. The maximum atomic E-state index is 11.5. The average Bonchev–Trinajstić information content (AvgIpc) is 2.70. The van der Waals surface area contributed by atoms with Gasteiger partial charge in [-0.25, -0.2) is 4.79 Å². The summed E-state index contributed by atoms with van der Waals surface area (Å²) in [5, 5.41) is 18.8. The van der Waals surface area contributed by atoms with E-state index in [1.165, 1.54) is 4.90 Å². The predicted molar refractivity (Wildman–Crippen MR) is 72.1 cm³/mol. The minimum atomic E-state index is -1.04. The number of hydrogen-bond donors (Lipinski definition) is 3. The topological polar surface area (TPSA) is 104 Å². The second kappa shape index (κ2) is 5.18. The van der Waals surface area contributed by atoms with Crippen LogP contribution >= 0.6 is 15.9 Å². The van der Waals surface area contributed by atoms with Crippen LogP contribution in [0.2, 0.25) is 0 Å². The number of carboxylic acids is 1. The van der Waals surface area contributed by atoms with Crippen molar-refractivity contribution in [2.75, 3.05) is 11.4 Å². The third kappa shape index (κ3) is 2.57. The molecule has 0 bridgehead atoms. The highest BCUT2D eigenvalue weighted by Gasteiger charge is 2.37. The van der Waals surface area contributed by atoms with Crippen LogP contribution in [-0.4, -0.2) is 40.8 Å². The Balaban J connectivity index is 2.49. The first-order valence-corrected chi connectivity index (χ1v) is 6.47. The van der Waals surface area contributed by atoms with Gasteiger partial charge in [0.15, 0.2) is 0 Å². The minimum Gasteiger partial charge on any atom is -0.480 e. The molecule has 19 heavy (non-hydrogen) atoms. The molecule has 1 fully saturated rings. The minimum absolute atomic E-state index is 0.125. The molecule has 1 aliphatic rings. The molecule has 2 unspecified atom stereocenters. The molecule has 102 valence electrons. The summed E-state index contributed by atoms with van der Waals surface area (Å²) in [6.07, 6.45) is -0.610. The van der Waals surface area contributed by atoms with E-state index in [-0.39, 0.29) is 18.5 Å². The Morgan fingerprint density at radius 3 is 2.68 bits per heavy atom. The molecular formula is C12H13BrN2O4. The molecule has 2 atom stereocenters. The van der Waals surface area contributed by atoms with Gasteiger partial charge in [-0.15, -0.1) is 0 Å². The molecule has 2 rings (SSSR count). The normalized spacial score (nSPS) is 22.5. The Morgan fingerprint density at radius 2 is 2.11 bits per heavy atom. The average molecular weight is 329 g/mol. The maximum absolute atomic E-state index is 11.5. The number of nitrogens with two attached hydrogens (primary N) is 1. The first-order valence-electron chi connectivity index (χ1n) is 5.67. The van der Waals surface area contributed by atoms with Gasteiger partial charge in [-0.3, -0.25) is 4.79 Å². The van der Waals surface area contributed by atoms with Gasteiger partial charge in [0.1, 0.15) is 6.04 Å². The van der Waals surface area contributed by atoms with Gasteiger partial charge >= 0.3 is 5.97 Å². The fraction of sp³-hybridized carbons (Fsp3) is 0.333. The number of carbonyl (C=O) groups excluding carboxylic acids is 1. The number of primary amides is 1. The van der Waals surface area contributed by atoms with Crippen LogP contribution < -0.4 is 10.6 Å². The lowest BCUT2D eigenvalue weighted by Crippen LogP contribution is -2.37. The maximum Gasteiger partial charge on any atom is 0.326 e. The van der Waals surface area contributed by atoms with E-state index < -0.39 is 24.0 Å². The van der Waals surface area contributed by atoms with Crippen LogP contribution in [0.15, 0.2) is 22.7 Å². The number of rotatable bonds is 3. The zero-order chi connectivity index (χ0) is 14.2. The van der Waals surface area contributed by atoms with Gasteiger partial charge < -0.3 is 20.8 Å². The molecule has 1 saturated heterocycles. The second-order valence-corrected chi connectivity index (χ2v) is 5.25. The highest BCUT2D eigenvalue weighted by Crippen LogP contribution is 2.32. The van der Waals surface area contributed by atoms with Crippen LogP contribution in [0.1, 0.15) is 16.8 Å². The summed E-state index contributed by atoms with van der Waals surface area (Å²) in [6, 6.07) is 4.11. The fourth-order valence-corrected chi connectivity index (χ4v) is 2.86. The lowest BCUT2D eigenvalue weighted by molar-refractivity contribution is -0.138. The molecule has 1 amide bonds. The van der Waals surface area contributed by atoms with E-state index in [9.17, 15) is 19.8 Å². The van der Waals surface area contributed by atoms with Gasteiger partial charge in [0.2, 0.25) is 0 Å². The molecule has 0 radical (unpaired) electrons. The SMILES string of the molecule is NC(=O)c1c(Br)cccc1N1CC(O)CC1C(=O)O. The van der Waals surface area contributed by atoms with Gasteiger partial charge in [0.05, 0.1) is 17.4 Å². The van der Waals surface area contributed by atoms with Gasteiger partial charge in [-0.1, -0.05) is 6.07 Å². The van der Waals surface area contributed by atoms with Crippen molar-refractivity contribution in [3.8, 4) is 0 Å². The van der Waals surface area contributed by atoms with Crippen LogP contribution in [0.4, 0.5) is 5.69 Å². The standard InChI is InChI=1S/C12H13BrN2O4/c13-7-2-1-3-8(10(7)11(14)17)15-5-6(16)4-9(15)12(18)19/h1-3,6,9,16H,4-5H2,(H2,14,17)(H,18,19). The van der Waals surface area contributed by atoms with Crippen molar-refractivity contribution in [1.82, 2.24) is 0 Å². The number of β-amino-alcohol motifs (C(OH)–C–C–N with tert-alkyl or cyclic N) is 1. The highest BCUT2D eigenvalue weighted by molar-refractivity contribution is 9.10. The van der Waals surface area contributed by atoms with Crippen LogP contribution in [-0.2, 0) is 4.79 Å². The van der Waals surface area contributed by atoms with Crippen molar-refractivity contribution < 1.29 is 19.8 Å². The number of halogens is 1. The van der Waals surface area contributed by atoms with Crippen molar-refractivity contribution in [2.24, 2.45) is 5.73 Å². The van der Waals surface area contributed by atoms with Crippen LogP contribution in [0.5, 0.6) is 0 Å². The Hall–Kier alpha value is -1.60. The summed E-state index contributed by atoms with van der Waals surface area (Å²) in [4.78, 5) is 24.2. The smallest absolute Gasteiger partial charge is 0.326 e. The number of aliphatic carboxylic acids is 1. The van der Waals surface area contributed by atoms with Crippen molar-refractivity contribution >= 4 is 33.5 Å². The van der Waals surface area contributed by atoms with Crippen LogP contribution in [0.3, 0.4) is 0 Å². The van der Waals surface area contributed by atoms with E-state index in [0.717, 1.165) is 0 Å². The molecule has 7 heteroatoms. The van der Waals surface area contributed by atoms with E-state index in [4.69, 9.17) is 5.73 Å². The number of carbonyl (C=O) groups is 2. The molecule has 0 aliphatic carbocycles. The monoisotopic (exact) mass is 328 g/mol. The summed E-state index contributed by atoms with van der Waals surface area (Å²) < 4.78 is 0.503. The van der Waals surface area contributed by atoms with Crippen LogP contribution in [0.25, 0.3) is 0 Å². The molecule has 0 spiro atoms. The Labute approximate surface area is 117 Å². The molecule has 1 heterocycles. The number of hydrogen-bond acceptors (Lipinski definition) is 4. The van der Waals surface area contributed by atoms with Gasteiger partial charge in [0.25, 0.3) is 5.91 Å². The molecule has 1 aromatic rings. The zero-order valence-corrected chi connectivity index (χ0v) is 11.5. The van der Waals surface area contributed by atoms with Crippen molar-refractivity contribution in [2.45, 2.75) is 18.6 Å². The number of anilines is 1.